The fraction of sp³-hybridized carbons (Fsp3) is 0.889. The second-order valence-electron chi connectivity index (χ2n) is 3.67. The lowest BCUT2D eigenvalue weighted by atomic mass is 9.95. The van der Waals surface area contributed by atoms with E-state index < -0.39 is 0 Å². The molecule has 14 heavy (non-hydrogen) atoms. The predicted molar refractivity (Wildman–Crippen MR) is 53.5 cm³/mol. The molecule has 5 heteroatoms. The molecule has 0 saturated carbocycles. The highest BCUT2D eigenvalue weighted by Gasteiger charge is 2.23. The van der Waals surface area contributed by atoms with E-state index >= 15 is 0 Å². The molecule has 1 unspecified atom stereocenters. The van der Waals surface area contributed by atoms with Crippen molar-refractivity contribution in [3.8, 4) is 0 Å². The van der Waals surface area contributed by atoms with Gasteiger partial charge in [0.05, 0.1) is 7.11 Å². The summed E-state index contributed by atoms with van der Waals surface area (Å²) in [7, 11) is 1.42. The average Bonchev–Trinajstić information content (AvgIpc) is 2.25. The van der Waals surface area contributed by atoms with E-state index in [4.69, 9.17) is 5.84 Å². The third-order valence-corrected chi connectivity index (χ3v) is 2.65. The second kappa shape index (κ2) is 5.82. The Kier molecular flexibility index (Phi) is 4.69. The van der Waals surface area contributed by atoms with Crippen molar-refractivity contribution in [2.75, 3.05) is 26.7 Å². The first-order valence-corrected chi connectivity index (χ1v) is 5.04. The van der Waals surface area contributed by atoms with Crippen molar-refractivity contribution < 1.29 is 9.53 Å². The topological polar surface area (TPSA) is 67.6 Å². The third-order valence-electron chi connectivity index (χ3n) is 2.65. The molecule has 5 nitrogen and oxygen atoms in total. The van der Waals surface area contributed by atoms with Crippen LogP contribution in [0.25, 0.3) is 0 Å². The molecule has 1 atom stereocenters. The number of nitrogens with two attached hydrogens (primary N) is 1. The monoisotopic (exact) mass is 201 g/mol. The molecule has 0 spiro atoms. The minimum Gasteiger partial charge on any atom is -0.453 e. The van der Waals surface area contributed by atoms with Gasteiger partial charge in [-0.05, 0) is 25.2 Å². The molecule has 0 aromatic rings. The van der Waals surface area contributed by atoms with Crippen molar-refractivity contribution in [2.24, 2.45) is 11.8 Å². The number of hydrogen-bond acceptors (Lipinski definition) is 4. The van der Waals surface area contributed by atoms with E-state index in [0.717, 1.165) is 32.5 Å². The zero-order valence-corrected chi connectivity index (χ0v) is 8.66. The number of amides is 1. The Morgan fingerprint density at radius 3 is 3.14 bits per heavy atom. The number of hydrogen-bond donors (Lipinski definition) is 2. The summed E-state index contributed by atoms with van der Waals surface area (Å²) in [5.41, 5.74) is 2.64. The number of nitrogens with zero attached hydrogens (tertiary/aromatic N) is 1. The van der Waals surface area contributed by atoms with Crippen LogP contribution in [0.15, 0.2) is 0 Å². The van der Waals surface area contributed by atoms with E-state index in [-0.39, 0.29) is 6.09 Å². The highest BCUT2D eigenvalue weighted by atomic mass is 16.5. The van der Waals surface area contributed by atoms with E-state index in [1.807, 2.05) is 0 Å². The number of piperidine rings is 1. The Morgan fingerprint density at radius 1 is 1.71 bits per heavy atom. The molecule has 0 aliphatic carbocycles. The number of rotatable bonds is 3. The number of carbonyl (C=O) groups excluding carboxylic acids is 1. The first-order valence-electron chi connectivity index (χ1n) is 5.04. The molecule has 0 aromatic heterocycles. The third kappa shape index (κ3) is 3.16. The molecule has 1 aliphatic rings. The van der Waals surface area contributed by atoms with Gasteiger partial charge in [0.1, 0.15) is 0 Å². The van der Waals surface area contributed by atoms with E-state index in [0.29, 0.717) is 5.92 Å². The summed E-state index contributed by atoms with van der Waals surface area (Å²) in [5.74, 6) is 5.77. The van der Waals surface area contributed by atoms with Gasteiger partial charge in [-0.3, -0.25) is 11.3 Å². The number of nitrogens with one attached hydrogen (secondary N) is 1. The standard InChI is InChI=1S/C9H19N3O2/c1-14-9(13)12-6-2-3-8(7-12)4-5-11-10/h8,11H,2-7,10H2,1H3. The summed E-state index contributed by atoms with van der Waals surface area (Å²) in [6, 6.07) is 0. The Labute approximate surface area is 84.5 Å². The zero-order chi connectivity index (χ0) is 10.4. The van der Waals surface area contributed by atoms with Gasteiger partial charge in [-0.15, -0.1) is 0 Å². The van der Waals surface area contributed by atoms with Gasteiger partial charge < -0.3 is 9.64 Å². The summed E-state index contributed by atoms with van der Waals surface area (Å²) in [4.78, 5) is 13.0. The largest absolute Gasteiger partial charge is 0.453 e. The molecule has 82 valence electrons. The number of hydrazine groups is 1. The molecule has 1 heterocycles. The number of ether oxygens (including phenoxy) is 1. The Hall–Kier alpha value is -0.810. The first kappa shape index (κ1) is 11.3. The van der Waals surface area contributed by atoms with Crippen LogP contribution in [-0.2, 0) is 4.74 Å². The SMILES string of the molecule is COC(=O)N1CCCC(CCNN)C1. The van der Waals surface area contributed by atoms with Crippen molar-refractivity contribution >= 4 is 6.09 Å². The molecule has 1 rings (SSSR count). The van der Waals surface area contributed by atoms with Gasteiger partial charge in [0.25, 0.3) is 0 Å². The fourth-order valence-electron chi connectivity index (χ4n) is 1.88. The zero-order valence-electron chi connectivity index (χ0n) is 8.66. The molecule has 1 saturated heterocycles. The summed E-state index contributed by atoms with van der Waals surface area (Å²) < 4.78 is 4.69. The summed E-state index contributed by atoms with van der Waals surface area (Å²) >= 11 is 0. The van der Waals surface area contributed by atoms with E-state index in [2.05, 4.69) is 10.2 Å². The van der Waals surface area contributed by atoms with Crippen molar-refractivity contribution in [3.63, 3.8) is 0 Å². The Bertz CT molecular complexity index is 187. The Balaban J connectivity index is 2.31. The number of likely N-dealkylation sites (tertiary alicyclic amines) is 1. The van der Waals surface area contributed by atoms with Gasteiger partial charge >= 0.3 is 6.09 Å². The predicted octanol–water partition coefficient (Wildman–Crippen LogP) is 0.318. The van der Waals surface area contributed by atoms with Crippen molar-refractivity contribution in [1.29, 1.82) is 0 Å². The lowest BCUT2D eigenvalue weighted by Gasteiger charge is -2.31. The molecule has 0 aromatic carbocycles. The van der Waals surface area contributed by atoms with Crippen molar-refractivity contribution in [2.45, 2.75) is 19.3 Å². The quantitative estimate of drug-likeness (QED) is 0.509. The number of carbonyl (C=O) groups is 1. The van der Waals surface area contributed by atoms with Crippen molar-refractivity contribution in [1.82, 2.24) is 10.3 Å². The highest BCUT2D eigenvalue weighted by molar-refractivity contribution is 5.67. The normalized spacial score (nSPS) is 22.1. The van der Waals surface area contributed by atoms with E-state index in [1.54, 1.807) is 4.90 Å². The maximum absolute atomic E-state index is 11.2. The highest BCUT2D eigenvalue weighted by Crippen LogP contribution is 2.19. The van der Waals surface area contributed by atoms with Crippen LogP contribution in [0, 0.1) is 5.92 Å². The maximum atomic E-state index is 11.2. The van der Waals surface area contributed by atoms with E-state index in [9.17, 15) is 4.79 Å². The summed E-state index contributed by atoms with van der Waals surface area (Å²) in [6.07, 6.45) is 3.04. The summed E-state index contributed by atoms with van der Waals surface area (Å²) in [5, 5.41) is 0. The number of methoxy groups -OCH3 is 1. The molecule has 1 fully saturated rings. The van der Waals surface area contributed by atoms with Crippen LogP contribution in [-0.4, -0.2) is 37.7 Å². The molecule has 0 bridgehead atoms. The van der Waals surface area contributed by atoms with Crippen LogP contribution >= 0.6 is 0 Å². The molecule has 1 amide bonds. The van der Waals surface area contributed by atoms with Crippen LogP contribution < -0.4 is 11.3 Å². The van der Waals surface area contributed by atoms with Crippen LogP contribution in [0.5, 0.6) is 0 Å². The lowest BCUT2D eigenvalue weighted by Crippen LogP contribution is -2.40. The molecule has 3 N–H and O–H groups in total. The fourth-order valence-corrected chi connectivity index (χ4v) is 1.88. The van der Waals surface area contributed by atoms with Gasteiger partial charge in [0.2, 0.25) is 0 Å². The van der Waals surface area contributed by atoms with Crippen LogP contribution in [0.1, 0.15) is 19.3 Å². The van der Waals surface area contributed by atoms with Gasteiger partial charge in [-0.2, -0.15) is 0 Å². The van der Waals surface area contributed by atoms with Gasteiger partial charge in [0.15, 0.2) is 0 Å². The van der Waals surface area contributed by atoms with Crippen LogP contribution in [0.2, 0.25) is 0 Å². The molecule has 0 radical (unpaired) electrons. The van der Waals surface area contributed by atoms with Crippen LogP contribution in [0.4, 0.5) is 4.79 Å². The van der Waals surface area contributed by atoms with Gasteiger partial charge in [-0.25, -0.2) is 4.79 Å². The smallest absolute Gasteiger partial charge is 0.409 e. The molecule has 1 aliphatic heterocycles. The average molecular weight is 201 g/mol. The summed E-state index contributed by atoms with van der Waals surface area (Å²) in [6.45, 7) is 2.42. The minimum atomic E-state index is -0.213. The molecular weight excluding hydrogens is 182 g/mol. The van der Waals surface area contributed by atoms with Crippen molar-refractivity contribution in [3.05, 3.63) is 0 Å². The maximum Gasteiger partial charge on any atom is 0.409 e. The first-order chi connectivity index (χ1) is 6.77. The van der Waals surface area contributed by atoms with Gasteiger partial charge in [0, 0.05) is 19.6 Å². The Morgan fingerprint density at radius 2 is 2.50 bits per heavy atom. The lowest BCUT2D eigenvalue weighted by molar-refractivity contribution is 0.101. The van der Waals surface area contributed by atoms with Crippen LogP contribution in [0.3, 0.4) is 0 Å². The minimum absolute atomic E-state index is 0.213. The van der Waals surface area contributed by atoms with E-state index in [1.165, 1.54) is 13.5 Å². The van der Waals surface area contributed by atoms with Gasteiger partial charge in [-0.1, -0.05) is 0 Å². The second-order valence-corrected chi connectivity index (χ2v) is 3.67. The molecular formula is C9H19N3O2.